The van der Waals surface area contributed by atoms with Crippen LogP contribution in [-0.2, 0) is 10.8 Å². The molecule has 0 N–H and O–H groups in total. The predicted molar refractivity (Wildman–Crippen MR) is 91.1 cm³/mol. The Bertz CT molecular complexity index is 810. The fourth-order valence-corrected chi connectivity index (χ4v) is 4.32. The van der Waals surface area contributed by atoms with Gasteiger partial charge in [-0.05, 0) is 30.7 Å². The lowest BCUT2D eigenvalue weighted by Gasteiger charge is -2.32. The highest BCUT2D eigenvalue weighted by atomic mass is 35.5. The molecule has 2 aromatic rings. The Balaban J connectivity index is 2.18. The molecule has 0 aliphatic carbocycles. The predicted octanol–water partition coefficient (Wildman–Crippen LogP) is 4.67. The Kier molecular flexibility index (Phi) is 4.37. The van der Waals surface area contributed by atoms with Crippen LogP contribution in [0.15, 0.2) is 46.2 Å². The molecular formula is C16H15ClN2O3S. The maximum Gasteiger partial charge on any atom is 0.270 e. The number of rotatable bonds is 4. The molecule has 0 fully saturated rings. The van der Waals surface area contributed by atoms with Crippen molar-refractivity contribution in [1.29, 1.82) is 0 Å². The first-order chi connectivity index (χ1) is 11.0. The lowest BCUT2D eigenvalue weighted by Crippen LogP contribution is -2.25. The molecule has 1 aliphatic rings. The van der Waals surface area contributed by atoms with Crippen LogP contribution < -0.4 is 4.90 Å². The number of fused-ring (bicyclic) bond motifs is 2. The molecule has 1 unspecified atom stereocenters. The normalized spacial score (nSPS) is 15.9. The average molecular weight is 351 g/mol. The van der Waals surface area contributed by atoms with E-state index in [4.69, 9.17) is 11.6 Å². The number of nitro benzene ring substituents is 1. The number of anilines is 2. The minimum absolute atomic E-state index is 0.0574. The number of hydrogen-bond donors (Lipinski definition) is 0. The van der Waals surface area contributed by atoms with Crippen LogP contribution in [0, 0.1) is 10.1 Å². The number of hydrogen-bond acceptors (Lipinski definition) is 4. The number of halogens is 1. The van der Waals surface area contributed by atoms with Crippen LogP contribution in [0.3, 0.4) is 0 Å². The molecule has 0 spiro atoms. The summed E-state index contributed by atoms with van der Waals surface area (Å²) in [6, 6.07) is 9.83. The molecule has 0 aromatic heterocycles. The van der Waals surface area contributed by atoms with Gasteiger partial charge in [-0.25, -0.2) is 4.21 Å². The molecule has 1 heterocycles. The average Bonchev–Trinajstić information content (AvgIpc) is 2.54. The van der Waals surface area contributed by atoms with Crippen LogP contribution in [0.2, 0.25) is 5.02 Å². The molecule has 0 saturated carbocycles. The van der Waals surface area contributed by atoms with Gasteiger partial charge in [0.1, 0.15) is 0 Å². The molecule has 7 heteroatoms. The van der Waals surface area contributed by atoms with Crippen LogP contribution in [0.1, 0.15) is 19.8 Å². The molecule has 0 radical (unpaired) electrons. The molecular weight excluding hydrogens is 336 g/mol. The van der Waals surface area contributed by atoms with Gasteiger partial charge in [0.15, 0.2) is 0 Å². The number of non-ortho nitro benzene ring substituents is 1. The summed E-state index contributed by atoms with van der Waals surface area (Å²) in [5, 5.41) is 11.5. The monoisotopic (exact) mass is 350 g/mol. The summed E-state index contributed by atoms with van der Waals surface area (Å²) in [4.78, 5) is 13.7. The summed E-state index contributed by atoms with van der Waals surface area (Å²) in [5.41, 5.74) is 1.55. The summed E-state index contributed by atoms with van der Waals surface area (Å²) in [6.45, 7) is 2.86. The molecule has 0 bridgehead atoms. The van der Waals surface area contributed by atoms with Gasteiger partial charge in [-0.2, -0.15) is 0 Å². The van der Waals surface area contributed by atoms with Crippen molar-refractivity contribution in [3.8, 4) is 0 Å². The molecule has 0 amide bonds. The van der Waals surface area contributed by atoms with E-state index in [-0.39, 0.29) is 5.69 Å². The molecule has 1 atom stereocenters. The maximum atomic E-state index is 12.9. The zero-order valence-corrected chi connectivity index (χ0v) is 14.1. The second-order valence-electron chi connectivity index (χ2n) is 5.30. The van der Waals surface area contributed by atoms with Crippen LogP contribution in [0.5, 0.6) is 0 Å². The van der Waals surface area contributed by atoms with Gasteiger partial charge in [0.25, 0.3) is 5.69 Å². The zero-order valence-electron chi connectivity index (χ0n) is 12.5. The van der Waals surface area contributed by atoms with Gasteiger partial charge in [-0.15, -0.1) is 0 Å². The van der Waals surface area contributed by atoms with Gasteiger partial charge in [0, 0.05) is 23.7 Å². The van der Waals surface area contributed by atoms with E-state index in [0.717, 1.165) is 30.8 Å². The third-order valence-electron chi connectivity index (χ3n) is 3.79. The molecule has 120 valence electrons. The van der Waals surface area contributed by atoms with Crippen molar-refractivity contribution in [3.05, 3.63) is 51.5 Å². The van der Waals surface area contributed by atoms with Gasteiger partial charge in [-0.3, -0.25) is 10.1 Å². The van der Waals surface area contributed by atoms with Crippen molar-refractivity contribution in [2.24, 2.45) is 0 Å². The first-order valence-corrected chi connectivity index (χ1v) is 8.83. The van der Waals surface area contributed by atoms with Crippen LogP contribution in [0.4, 0.5) is 17.1 Å². The lowest BCUT2D eigenvalue weighted by atomic mass is 10.2. The summed E-state index contributed by atoms with van der Waals surface area (Å²) < 4.78 is 12.9. The molecule has 3 rings (SSSR count). The number of unbranched alkanes of at least 4 members (excludes halogenated alkanes) is 1. The highest BCUT2D eigenvalue weighted by Gasteiger charge is 2.29. The second-order valence-corrected chi connectivity index (χ2v) is 7.15. The highest BCUT2D eigenvalue weighted by Crippen LogP contribution is 2.44. The smallest absolute Gasteiger partial charge is 0.270 e. The minimum Gasteiger partial charge on any atom is -0.339 e. The third-order valence-corrected chi connectivity index (χ3v) is 5.48. The Morgan fingerprint density at radius 2 is 1.83 bits per heavy atom. The first-order valence-electron chi connectivity index (χ1n) is 7.30. The van der Waals surface area contributed by atoms with Gasteiger partial charge in [0.05, 0.1) is 36.9 Å². The Hall–Kier alpha value is -1.92. The molecule has 5 nitrogen and oxygen atoms in total. The van der Waals surface area contributed by atoms with Crippen LogP contribution in [-0.4, -0.2) is 15.7 Å². The fraction of sp³-hybridized carbons (Fsp3) is 0.250. The van der Waals surface area contributed by atoms with E-state index in [1.807, 2.05) is 6.07 Å². The molecule has 0 saturated heterocycles. The van der Waals surface area contributed by atoms with Crippen molar-refractivity contribution in [1.82, 2.24) is 0 Å². The van der Waals surface area contributed by atoms with Crippen molar-refractivity contribution >= 4 is 39.5 Å². The van der Waals surface area contributed by atoms with E-state index in [1.54, 1.807) is 18.2 Å². The standard InChI is InChI=1S/C16H15ClN2O3S/c1-2-3-8-18-13-6-4-11(17)9-15(13)23(22)16-10-12(19(20)21)5-7-14(16)18/h4-7,9-10H,2-3,8H2,1H3. The number of nitrogens with zero attached hydrogens (tertiary/aromatic N) is 2. The van der Waals surface area contributed by atoms with E-state index < -0.39 is 15.7 Å². The van der Waals surface area contributed by atoms with Gasteiger partial charge in [-0.1, -0.05) is 24.9 Å². The van der Waals surface area contributed by atoms with E-state index in [9.17, 15) is 14.3 Å². The molecule has 2 aromatic carbocycles. The quantitative estimate of drug-likeness (QED) is 0.594. The van der Waals surface area contributed by atoms with E-state index in [1.165, 1.54) is 12.1 Å². The highest BCUT2D eigenvalue weighted by molar-refractivity contribution is 7.85. The van der Waals surface area contributed by atoms with Crippen LogP contribution >= 0.6 is 11.6 Å². The Morgan fingerprint density at radius 3 is 2.48 bits per heavy atom. The molecule has 23 heavy (non-hydrogen) atoms. The van der Waals surface area contributed by atoms with Crippen molar-refractivity contribution in [2.45, 2.75) is 29.6 Å². The largest absolute Gasteiger partial charge is 0.339 e. The van der Waals surface area contributed by atoms with E-state index in [2.05, 4.69) is 11.8 Å². The number of nitro groups is 1. The zero-order chi connectivity index (χ0) is 16.6. The fourth-order valence-electron chi connectivity index (χ4n) is 2.65. The van der Waals surface area contributed by atoms with Crippen molar-refractivity contribution in [3.63, 3.8) is 0 Å². The van der Waals surface area contributed by atoms with E-state index >= 15 is 0 Å². The third kappa shape index (κ3) is 2.84. The summed E-state index contributed by atoms with van der Waals surface area (Å²) in [6.07, 6.45) is 1.98. The summed E-state index contributed by atoms with van der Waals surface area (Å²) in [7, 11) is -1.48. The van der Waals surface area contributed by atoms with Crippen LogP contribution in [0.25, 0.3) is 0 Å². The van der Waals surface area contributed by atoms with Crippen molar-refractivity contribution in [2.75, 3.05) is 11.4 Å². The minimum atomic E-state index is -1.48. The van der Waals surface area contributed by atoms with Gasteiger partial charge in [0.2, 0.25) is 0 Å². The Labute approximate surface area is 141 Å². The topological polar surface area (TPSA) is 63.5 Å². The molecule has 1 aliphatic heterocycles. The second kappa shape index (κ2) is 6.29. The lowest BCUT2D eigenvalue weighted by molar-refractivity contribution is -0.385. The number of benzene rings is 2. The van der Waals surface area contributed by atoms with Gasteiger partial charge >= 0.3 is 0 Å². The van der Waals surface area contributed by atoms with Gasteiger partial charge < -0.3 is 4.90 Å². The van der Waals surface area contributed by atoms with Crippen molar-refractivity contribution < 1.29 is 9.13 Å². The SMILES string of the molecule is CCCCN1c2ccc(Cl)cc2S(=O)c2cc([N+](=O)[O-])ccc21. The maximum absolute atomic E-state index is 12.9. The summed E-state index contributed by atoms with van der Waals surface area (Å²) >= 11 is 6.04. The Morgan fingerprint density at radius 1 is 1.17 bits per heavy atom. The first kappa shape index (κ1) is 16.0. The van der Waals surface area contributed by atoms with E-state index in [0.29, 0.717) is 14.8 Å². The summed E-state index contributed by atoms with van der Waals surface area (Å²) in [5.74, 6) is 0.